The van der Waals surface area contributed by atoms with Crippen LogP contribution in [0.4, 0.5) is 0 Å². The Morgan fingerprint density at radius 3 is 3.14 bits per heavy atom. The largest absolute Gasteiger partial charge is 0.361 e. The quantitative estimate of drug-likeness (QED) is 0.648. The predicted molar refractivity (Wildman–Crippen MR) is 59.5 cm³/mol. The summed E-state index contributed by atoms with van der Waals surface area (Å²) in [6, 6.07) is 6.72. The lowest BCUT2D eigenvalue weighted by molar-refractivity contribution is 0.503. The van der Waals surface area contributed by atoms with E-state index in [0.717, 1.165) is 5.92 Å². The number of hydrogen-bond donors (Lipinski definition) is 1. The molecule has 1 aromatic carbocycles. The molecule has 1 aliphatic carbocycles. The maximum Gasteiger partial charge on any atom is 0.0456 e. The van der Waals surface area contributed by atoms with Crippen molar-refractivity contribution in [1.82, 2.24) is 4.98 Å². The Hall–Kier alpha value is -1.24. The molecule has 1 N–H and O–H groups in total. The number of aromatic nitrogens is 1. The van der Waals surface area contributed by atoms with Crippen molar-refractivity contribution in [1.29, 1.82) is 0 Å². The van der Waals surface area contributed by atoms with Crippen molar-refractivity contribution in [2.24, 2.45) is 5.92 Å². The molecule has 0 bridgehead atoms. The van der Waals surface area contributed by atoms with Gasteiger partial charge in [0.25, 0.3) is 0 Å². The Labute approximate surface area is 84.1 Å². The minimum Gasteiger partial charge on any atom is -0.361 e. The molecule has 0 spiro atoms. The highest BCUT2D eigenvalue weighted by Crippen LogP contribution is 2.30. The van der Waals surface area contributed by atoms with Crippen LogP contribution in [-0.2, 0) is 12.8 Å². The molecular formula is C13H15N. The van der Waals surface area contributed by atoms with Crippen molar-refractivity contribution in [3.05, 3.63) is 35.5 Å². The van der Waals surface area contributed by atoms with Crippen LogP contribution in [0.3, 0.4) is 0 Å². The molecule has 1 atom stereocenters. The molecule has 1 aliphatic rings. The molecule has 1 nitrogen and oxygen atoms in total. The summed E-state index contributed by atoms with van der Waals surface area (Å²) in [6.45, 7) is 2.35. The molecule has 1 heterocycles. The first-order chi connectivity index (χ1) is 6.84. The number of aromatic amines is 1. The maximum atomic E-state index is 3.28. The standard InChI is InChI=1S/C13H15N/c1-9-2-4-11-10(8-9)3-5-13-12(11)6-7-14-13/h3,5-7,9,14H,2,4,8H2,1H3. The summed E-state index contributed by atoms with van der Waals surface area (Å²) in [4.78, 5) is 3.28. The Morgan fingerprint density at radius 1 is 1.29 bits per heavy atom. The third-order valence-electron chi connectivity index (χ3n) is 3.40. The topological polar surface area (TPSA) is 15.8 Å². The summed E-state index contributed by atoms with van der Waals surface area (Å²) >= 11 is 0. The van der Waals surface area contributed by atoms with Crippen LogP contribution in [0, 0.1) is 5.92 Å². The number of fused-ring (bicyclic) bond motifs is 3. The van der Waals surface area contributed by atoms with Crippen LogP contribution in [-0.4, -0.2) is 4.98 Å². The smallest absolute Gasteiger partial charge is 0.0456 e. The Morgan fingerprint density at radius 2 is 2.21 bits per heavy atom. The molecule has 0 amide bonds. The summed E-state index contributed by atoms with van der Waals surface area (Å²) in [5, 5.41) is 1.44. The molecular weight excluding hydrogens is 170 g/mol. The molecule has 2 aromatic rings. The zero-order chi connectivity index (χ0) is 9.54. The minimum absolute atomic E-state index is 0.860. The van der Waals surface area contributed by atoms with Crippen molar-refractivity contribution < 1.29 is 0 Å². The number of H-pyrrole nitrogens is 1. The van der Waals surface area contributed by atoms with Gasteiger partial charge in [0.15, 0.2) is 0 Å². The van der Waals surface area contributed by atoms with Crippen LogP contribution in [0.2, 0.25) is 0 Å². The van der Waals surface area contributed by atoms with Gasteiger partial charge in [0.1, 0.15) is 0 Å². The van der Waals surface area contributed by atoms with E-state index in [0.29, 0.717) is 0 Å². The molecule has 1 heteroatoms. The highest BCUT2D eigenvalue weighted by Gasteiger charge is 2.16. The van der Waals surface area contributed by atoms with E-state index < -0.39 is 0 Å². The van der Waals surface area contributed by atoms with E-state index in [9.17, 15) is 0 Å². The SMILES string of the molecule is CC1CCc2c(ccc3[nH]ccc23)C1. The minimum atomic E-state index is 0.860. The van der Waals surface area contributed by atoms with Gasteiger partial charge in [-0.1, -0.05) is 13.0 Å². The first kappa shape index (κ1) is 8.10. The average molecular weight is 185 g/mol. The van der Waals surface area contributed by atoms with Gasteiger partial charge in [-0.3, -0.25) is 0 Å². The summed E-state index contributed by atoms with van der Waals surface area (Å²) in [7, 11) is 0. The lowest BCUT2D eigenvalue weighted by atomic mass is 9.83. The summed E-state index contributed by atoms with van der Waals surface area (Å²) in [5.41, 5.74) is 4.44. The van der Waals surface area contributed by atoms with Crippen LogP contribution >= 0.6 is 0 Å². The fourth-order valence-electron chi connectivity index (χ4n) is 2.60. The van der Waals surface area contributed by atoms with Crippen LogP contribution in [0.5, 0.6) is 0 Å². The molecule has 0 radical (unpaired) electrons. The monoisotopic (exact) mass is 185 g/mol. The van der Waals surface area contributed by atoms with Crippen molar-refractivity contribution >= 4 is 10.9 Å². The normalized spacial score (nSPS) is 21.1. The van der Waals surface area contributed by atoms with E-state index >= 15 is 0 Å². The highest BCUT2D eigenvalue weighted by atomic mass is 14.7. The van der Waals surface area contributed by atoms with Crippen molar-refractivity contribution in [2.45, 2.75) is 26.2 Å². The van der Waals surface area contributed by atoms with Crippen LogP contribution < -0.4 is 0 Å². The van der Waals surface area contributed by atoms with E-state index in [4.69, 9.17) is 0 Å². The molecule has 0 fully saturated rings. The van der Waals surface area contributed by atoms with Gasteiger partial charge in [-0.25, -0.2) is 0 Å². The predicted octanol–water partition coefficient (Wildman–Crippen LogP) is 3.29. The second-order valence-electron chi connectivity index (χ2n) is 4.49. The molecule has 0 aliphatic heterocycles. The van der Waals surface area contributed by atoms with Gasteiger partial charge in [0.05, 0.1) is 0 Å². The Bertz CT molecular complexity index is 467. The molecule has 14 heavy (non-hydrogen) atoms. The Kier molecular flexibility index (Phi) is 1.66. The average Bonchev–Trinajstić information content (AvgIpc) is 2.65. The number of benzene rings is 1. The van der Waals surface area contributed by atoms with Gasteiger partial charge in [0, 0.05) is 17.1 Å². The second kappa shape index (κ2) is 2.88. The second-order valence-corrected chi connectivity index (χ2v) is 4.49. The number of nitrogens with one attached hydrogen (secondary N) is 1. The maximum absolute atomic E-state index is 3.28. The summed E-state index contributed by atoms with van der Waals surface area (Å²) in [5.74, 6) is 0.860. The first-order valence-corrected chi connectivity index (χ1v) is 5.42. The van der Waals surface area contributed by atoms with E-state index in [1.807, 2.05) is 6.20 Å². The molecule has 1 aromatic heterocycles. The first-order valence-electron chi connectivity index (χ1n) is 5.42. The third-order valence-corrected chi connectivity index (χ3v) is 3.40. The van der Waals surface area contributed by atoms with Crippen LogP contribution in [0.1, 0.15) is 24.5 Å². The third kappa shape index (κ3) is 1.08. The van der Waals surface area contributed by atoms with Crippen molar-refractivity contribution in [2.75, 3.05) is 0 Å². The lowest BCUT2D eigenvalue weighted by Crippen LogP contribution is -2.11. The van der Waals surface area contributed by atoms with Gasteiger partial charge in [-0.2, -0.15) is 0 Å². The Balaban J connectivity index is 2.24. The molecule has 0 saturated heterocycles. The number of rotatable bonds is 0. The lowest BCUT2D eigenvalue weighted by Gasteiger charge is -2.21. The highest BCUT2D eigenvalue weighted by molar-refractivity contribution is 5.84. The van der Waals surface area contributed by atoms with Gasteiger partial charge < -0.3 is 4.98 Å². The fraction of sp³-hybridized carbons (Fsp3) is 0.385. The zero-order valence-electron chi connectivity index (χ0n) is 8.51. The van der Waals surface area contributed by atoms with Gasteiger partial charge in [-0.15, -0.1) is 0 Å². The van der Waals surface area contributed by atoms with Gasteiger partial charge >= 0.3 is 0 Å². The summed E-state index contributed by atoms with van der Waals surface area (Å²) in [6.07, 6.45) is 5.91. The van der Waals surface area contributed by atoms with Crippen LogP contribution in [0.15, 0.2) is 24.4 Å². The zero-order valence-corrected chi connectivity index (χ0v) is 8.51. The van der Waals surface area contributed by atoms with Gasteiger partial charge in [-0.05, 0) is 48.4 Å². The molecule has 0 saturated carbocycles. The van der Waals surface area contributed by atoms with Gasteiger partial charge in [0.2, 0.25) is 0 Å². The molecule has 72 valence electrons. The molecule has 1 unspecified atom stereocenters. The number of hydrogen-bond acceptors (Lipinski definition) is 0. The number of aryl methyl sites for hydroxylation is 1. The molecule has 3 rings (SSSR count). The van der Waals surface area contributed by atoms with E-state index in [-0.39, 0.29) is 0 Å². The van der Waals surface area contributed by atoms with Crippen LogP contribution in [0.25, 0.3) is 10.9 Å². The van der Waals surface area contributed by atoms with E-state index in [2.05, 4.69) is 30.1 Å². The van der Waals surface area contributed by atoms with E-state index in [1.54, 1.807) is 11.1 Å². The van der Waals surface area contributed by atoms with Crippen molar-refractivity contribution in [3.63, 3.8) is 0 Å². The van der Waals surface area contributed by atoms with E-state index in [1.165, 1.54) is 30.2 Å². The fourth-order valence-corrected chi connectivity index (χ4v) is 2.60. The van der Waals surface area contributed by atoms with Crippen molar-refractivity contribution in [3.8, 4) is 0 Å². The summed E-state index contributed by atoms with van der Waals surface area (Å²) < 4.78 is 0.